The number of ether oxygens (including phenoxy) is 1. The lowest BCUT2D eigenvalue weighted by Gasteiger charge is -1.97. The van der Waals surface area contributed by atoms with Crippen molar-refractivity contribution < 1.29 is 9.26 Å². The summed E-state index contributed by atoms with van der Waals surface area (Å²) < 4.78 is 12.2. The topological polar surface area (TPSA) is 83.0 Å². The van der Waals surface area contributed by atoms with E-state index >= 15 is 0 Å². The zero-order valence-corrected chi connectivity index (χ0v) is 13.0. The van der Waals surface area contributed by atoms with Crippen LogP contribution in [0.15, 0.2) is 15.6 Å². The van der Waals surface area contributed by atoms with Crippen molar-refractivity contribution in [3.63, 3.8) is 0 Å². The molecule has 1 fully saturated rings. The van der Waals surface area contributed by atoms with Crippen molar-refractivity contribution in [1.82, 2.24) is 19.7 Å². The van der Waals surface area contributed by atoms with Crippen LogP contribution in [-0.2, 0) is 11.8 Å². The summed E-state index contributed by atoms with van der Waals surface area (Å²) in [6, 6.07) is 0. The van der Waals surface area contributed by atoms with Crippen LogP contribution >= 0.6 is 11.3 Å². The number of aromatic nitrogens is 4. The van der Waals surface area contributed by atoms with Crippen LogP contribution in [0.4, 0.5) is 0 Å². The van der Waals surface area contributed by atoms with Crippen molar-refractivity contribution >= 4 is 21.6 Å². The zero-order valence-electron chi connectivity index (χ0n) is 12.2. The molecule has 1 unspecified atom stereocenters. The SMILES string of the molecule is Cc1c(-c2nc(C3CCOC3)no2)sc2ncn(C)c(=O)c12. The van der Waals surface area contributed by atoms with Gasteiger partial charge in [-0.25, -0.2) is 4.98 Å². The molecule has 0 bridgehead atoms. The molecule has 0 spiro atoms. The molecule has 1 aliphatic heterocycles. The van der Waals surface area contributed by atoms with Gasteiger partial charge in [0.25, 0.3) is 11.4 Å². The largest absolute Gasteiger partial charge is 0.381 e. The van der Waals surface area contributed by atoms with E-state index in [1.54, 1.807) is 7.05 Å². The summed E-state index contributed by atoms with van der Waals surface area (Å²) in [5.41, 5.74) is 0.778. The molecule has 1 aliphatic rings. The fourth-order valence-electron chi connectivity index (χ4n) is 2.64. The van der Waals surface area contributed by atoms with Gasteiger partial charge in [0.1, 0.15) is 4.83 Å². The Kier molecular flexibility index (Phi) is 3.08. The zero-order chi connectivity index (χ0) is 15.3. The van der Waals surface area contributed by atoms with Gasteiger partial charge < -0.3 is 13.8 Å². The lowest BCUT2D eigenvalue weighted by atomic mass is 10.1. The molecule has 3 aromatic rings. The van der Waals surface area contributed by atoms with Crippen molar-refractivity contribution in [2.45, 2.75) is 19.3 Å². The van der Waals surface area contributed by atoms with Gasteiger partial charge in [0.05, 0.1) is 23.2 Å². The average molecular weight is 318 g/mol. The van der Waals surface area contributed by atoms with Crippen molar-refractivity contribution in [3.8, 4) is 10.8 Å². The van der Waals surface area contributed by atoms with Gasteiger partial charge in [-0.05, 0) is 18.9 Å². The molecule has 0 saturated carbocycles. The maximum atomic E-state index is 12.3. The molecule has 0 N–H and O–H groups in total. The average Bonchev–Trinajstić information content (AvgIpc) is 3.22. The molecule has 0 amide bonds. The first-order valence-corrected chi connectivity index (χ1v) is 7.83. The van der Waals surface area contributed by atoms with Gasteiger partial charge in [0.15, 0.2) is 5.82 Å². The first-order chi connectivity index (χ1) is 10.6. The molecule has 4 heterocycles. The number of thiophene rings is 1. The molecule has 8 heteroatoms. The predicted octanol–water partition coefficient (Wildman–Crippen LogP) is 1.86. The van der Waals surface area contributed by atoms with E-state index in [1.807, 2.05) is 6.92 Å². The minimum atomic E-state index is -0.0612. The number of fused-ring (bicyclic) bond motifs is 1. The highest BCUT2D eigenvalue weighted by atomic mass is 32.1. The molecule has 3 aromatic heterocycles. The maximum Gasteiger partial charge on any atom is 0.268 e. The predicted molar refractivity (Wildman–Crippen MR) is 81.1 cm³/mol. The van der Waals surface area contributed by atoms with E-state index in [9.17, 15) is 4.79 Å². The Balaban J connectivity index is 1.83. The lowest BCUT2D eigenvalue weighted by molar-refractivity contribution is 0.192. The van der Waals surface area contributed by atoms with E-state index in [0.717, 1.165) is 23.5 Å². The molecular weight excluding hydrogens is 304 g/mol. The highest BCUT2D eigenvalue weighted by Gasteiger charge is 2.25. The molecule has 22 heavy (non-hydrogen) atoms. The molecule has 0 aromatic carbocycles. The third kappa shape index (κ3) is 1.98. The highest BCUT2D eigenvalue weighted by Crippen LogP contribution is 2.35. The Labute approximate surface area is 129 Å². The van der Waals surface area contributed by atoms with Gasteiger partial charge in [-0.2, -0.15) is 4.98 Å². The second-order valence-electron chi connectivity index (χ2n) is 5.42. The van der Waals surface area contributed by atoms with Gasteiger partial charge >= 0.3 is 0 Å². The van der Waals surface area contributed by atoms with Crippen molar-refractivity contribution in [2.75, 3.05) is 13.2 Å². The number of aryl methyl sites for hydroxylation is 2. The molecule has 7 nitrogen and oxygen atoms in total. The Hall–Kier alpha value is -2.06. The lowest BCUT2D eigenvalue weighted by Crippen LogP contribution is -2.16. The fraction of sp³-hybridized carbons (Fsp3) is 0.429. The monoisotopic (exact) mass is 318 g/mol. The van der Waals surface area contributed by atoms with Crippen LogP contribution in [0.3, 0.4) is 0 Å². The summed E-state index contributed by atoms with van der Waals surface area (Å²) in [4.78, 5) is 22.5. The summed E-state index contributed by atoms with van der Waals surface area (Å²) >= 11 is 1.40. The molecule has 0 radical (unpaired) electrons. The van der Waals surface area contributed by atoms with Crippen LogP contribution < -0.4 is 5.56 Å². The molecule has 1 atom stereocenters. The van der Waals surface area contributed by atoms with Gasteiger partial charge in [-0.1, -0.05) is 5.16 Å². The molecule has 4 rings (SSSR count). The smallest absolute Gasteiger partial charge is 0.268 e. The molecule has 1 saturated heterocycles. The van der Waals surface area contributed by atoms with Crippen LogP contribution in [-0.4, -0.2) is 32.9 Å². The maximum absolute atomic E-state index is 12.3. The van der Waals surface area contributed by atoms with Gasteiger partial charge in [0.2, 0.25) is 0 Å². The third-order valence-electron chi connectivity index (χ3n) is 3.94. The fourth-order valence-corrected chi connectivity index (χ4v) is 3.70. The van der Waals surface area contributed by atoms with E-state index in [1.165, 1.54) is 22.2 Å². The van der Waals surface area contributed by atoms with Crippen LogP contribution in [0.2, 0.25) is 0 Å². The van der Waals surface area contributed by atoms with E-state index in [0.29, 0.717) is 28.5 Å². The van der Waals surface area contributed by atoms with Gasteiger partial charge in [-0.3, -0.25) is 4.79 Å². The normalized spacial score (nSPS) is 18.4. The molecule has 114 valence electrons. The summed E-state index contributed by atoms with van der Waals surface area (Å²) in [5, 5.41) is 4.68. The second kappa shape index (κ2) is 4.99. The van der Waals surface area contributed by atoms with E-state index in [4.69, 9.17) is 9.26 Å². The van der Waals surface area contributed by atoms with Crippen molar-refractivity contribution in [2.24, 2.45) is 7.05 Å². The van der Waals surface area contributed by atoms with Crippen LogP contribution in [0.5, 0.6) is 0 Å². The Morgan fingerprint density at radius 3 is 3.09 bits per heavy atom. The standard InChI is InChI=1S/C14H14N4O3S/c1-7-9-13(15-6-18(2)14(9)19)22-10(7)12-16-11(17-21-12)8-3-4-20-5-8/h6,8H,3-5H2,1-2H3. The Bertz CT molecular complexity index is 905. The van der Waals surface area contributed by atoms with Gasteiger partial charge in [0, 0.05) is 19.6 Å². The van der Waals surface area contributed by atoms with Crippen molar-refractivity contribution in [3.05, 3.63) is 28.1 Å². The van der Waals surface area contributed by atoms with E-state index in [2.05, 4.69) is 15.1 Å². The summed E-state index contributed by atoms with van der Waals surface area (Å²) in [5.74, 6) is 1.31. The van der Waals surface area contributed by atoms with Crippen LogP contribution in [0, 0.1) is 6.92 Å². The summed E-state index contributed by atoms with van der Waals surface area (Å²) in [6.45, 7) is 3.25. The molecule has 0 aliphatic carbocycles. The third-order valence-corrected chi connectivity index (χ3v) is 5.13. The number of rotatable bonds is 2. The summed E-state index contributed by atoms with van der Waals surface area (Å²) in [6.07, 6.45) is 2.44. The van der Waals surface area contributed by atoms with Crippen LogP contribution in [0.25, 0.3) is 21.0 Å². The van der Waals surface area contributed by atoms with E-state index in [-0.39, 0.29) is 11.5 Å². The number of hydrogen-bond donors (Lipinski definition) is 0. The Morgan fingerprint density at radius 2 is 2.32 bits per heavy atom. The highest BCUT2D eigenvalue weighted by molar-refractivity contribution is 7.22. The summed E-state index contributed by atoms with van der Waals surface area (Å²) in [7, 11) is 1.69. The first kappa shape index (κ1) is 13.6. The van der Waals surface area contributed by atoms with Gasteiger partial charge in [-0.15, -0.1) is 11.3 Å². The quantitative estimate of drug-likeness (QED) is 0.717. The first-order valence-electron chi connectivity index (χ1n) is 7.01. The van der Waals surface area contributed by atoms with Crippen molar-refractivity contribution in [1.29, 1.82) is 0 Å². The minimum absolute atomic E-state index is 0.0612. The number of nitrogens with zero attached hydrogens (tertiary/aromatic N) is 4. The van der Waals surface area contributed by atoms with E-state index < -0.39 is 0 Å². The number of hydrogen-bond acceptors (Lipinski definition) is 7. The minimum Gasteiger partial charge on any atom is -0.381 e. The Morgan fingerprint density at radius 1 is 1.45 bits per heavy atom. The second-order valence-corrected chi connectivity index (χ2v) is 6.41. The molecular formula is C14H14N4O3S. The van der Waals surface area contributed by atoms with Crippen LogP contribution in [0.1, 0.15) is 23.7 Å².